The number of nitrogens with zero attached hydrogens (tertiary/aromatic N) is 3. The fraction of sp³-hybridized carbons (Fsp3) is 0.238. The summed E-state index contributed by atoms with van der Waals surface area (Å²) < 4.78 is 40.5. The second-order valence-electron chi connectivity index (χ2n) is 7.24. The summed E-state index contributed by atoms with van der Waals surface area (Å²) in [5.41, 5.74) is 2.64. The molecule has 2 aromatic carbocycles. The lowest BCUT2D eigenvalue weighted by molar-refractivity contribution is -0.119. The van der Waals surface area contributed by atoms with Gasteiger partial charge in [0.15, 0.2) is 0 Å². The van der Waals surface area contributed by atoms with Crippen molar-refractivity contribution in [2.75, 3.05) is 11.4 Å². The molecule has 1 amide bonds. The van der Waals surface area contributed by atoms with Crippen LogP contribution in [0.1, 0.15) is 36.1 Å². The maximum Gasteiger partial charge on any atom is 0.274 e. The van der Waals surface area contributed by atoms with Gasteiger partial charge < -0.3 is 0 Å². The summed E-state index contributed by atoms with van der Waals surface area (Å²) in [6, 6.07) is 15.2. The zero-order chi connectivity index (χ0) is 22.2. The summed E-state index contributed by atoms with van der Waals surface area (Å²) in [6.07, 6.45) is 0.162. The third-order valence-electron chi connectivity index (χ3n) is 5.29. The SMILES string of the molecule is CCN1C(=O)CC(c2ccc(F)cc2)c2c(CNS(N)(=O)=O)nn(-c3ccccc3)c21. The number of aromatic nitrogens is 2. The highest BCUT2D eigenvalue weighted by Crippen LogP contribution is 2.43. The number of benzene rings is 2. The summed E-state index contributed by atoms with van der Waals surface area (Å²) >= 11 is 0. The molecule has 162 valence electrons. The van der Waals surface area contributed by atoms with E-state index in [9.17, 15) is 17.6 Å². The minimum Gasteiger partial charge on any atom is -0.297 e. The van der Waals surface area contributed by atoms with Crippen molar-refractivity contribution in [3.8, 4) is 5.69 Å². The highest BCUT2D eigenvalue weighted by Gasteiger charge is 2.38. The van der Waals surface area contributed by atoms with Gasteiger partial charge in [-0.3, -0.25) is 9.69 Å². The van der Waals surface area contributed by atoms with Gasteiger partial charge in [0.1, 0.15) is 11.6 Å². The van der Waals surface area contributed by atoms with Crippen LogP contribution < -0.4 is 14.8 Å². The number of carbonyl (C=O) groups excluding carboxylic acids is 1. The van der Waals surface area contributed by atoms with Crippen molar-refractivity contribution in [3.63, 3.8) is 0 Å². The first-order chi connectivity index (χ1) is 14.8. The second kappa shape index (κ2) is 8.22. The Balaban J connectivity index is 1.94. The average molecular weight is 444 g/mol. The van der Waals surface area contributed by atoms with Crippen LogP contribution in [-0.4, -0.2) is 30.7 Å². The van der Waals surface area contributed by atoms with Gasteiger partial charge in [0.25, 0.3) is 10.2 Å². The number of carbonyl (C=O) groups is 1. The van der Waals surface area contributed by atoms with E-state index in [4.69, 9.17) is 5.14 Å². The summed E-state index contributed by atoms with van der Waals surface area (Å²) in [4.78, 5) is 14.7. The van der Waals surface area contributed by atoms with E-state index >= 15 is 0 Å². The van der Waals surface area contributed by atoms with Gasteiger partial charge in [0.05, 0.1) is 17.9 Å². The molecule has 0 bridgehead atoms. The lowest BCUT2D eigenvalue weighted by Gasteiger charge is -2.32. The Morgan fingerprint density at radius 2 is 1.84 bits per heavy atom. The Kier molecular flexibility index (Phi) is 5.61. The Labute approximate surface area is 179 Å². The van der Waals surface area contributed by atoms with E-state index in [1.165, 1.54) is 12.1 Å². The molecule has 3 aromatic rings. The van der Waals surface area contributed by atoms with Crippen molar-refractivity contribution < 1.29 is 17.6 Å². The van der Waals surface area contributed by atoms with Gasteiger partial charge in [-0.2, -0.15) is 18.2 Å². The first kappa shape index (κ1) is 21.2. The molecule has 1 aromatic heterocycles. The molecule has 3 N–H and O–H groups in total. The van der Waals surface area contributed by atoms with Crippen molar-refractivity contribution in [2.45, 2.75) is 25.8 Å². The van der Waals surface area contributed by atoms with Crippen LogP contribution in [0.5, 0.6) is 0 Å². The number of anilines is 1. The number of nitrogens with two attached hydrogens (primary N) is 1. The number of para-hydroxylation sites is 1. The van der Waals surface area contributed by atoms with Crippen LogP contribution in [0, 0.1) is 5.82 Å². The van der Waals surface area contributed by atoms with E-state index in [-0.39, 0.29) is 24.7 Å². The Bertz CT molecular complexity index is 1210. The topological polar surface area (TPSA) is 110 Å². The van der Waals surface area contributed by atoms with E-state index in [1.807, 2.05) is 37.3 Å². The molecule has 1 aliphatic heterocycles. The molecule has 8 nitrogen and oxygen atoms in total. The van der Waals surface area contributed by atoms with Crippen LogP contribution in [-0.2, 0) is 21.5 Å². The number of amides is 1. The quantitative estimate of drug-likeness (QED) is 0.608. The van der Waals surface area contributed by atoms with Crippen LogP contribution in [0.15, 0.2) is 54.6 Å². The van der Waals surface area contributed by atoms with Gasteiger partial charge >= 0.3 is 0 Å². The zero-order valence-corrected chi connectivity index (χ0v) is 17.6. The number of halogens is 1. The van der Waals surface area contributed by atoms with Crippen LogP contribution in [0.4, 0.5) is 10.2 Å². The molecule has 31 heavy (non-hydrogen) atoms. The standard InChI is InChI=1S/C21H22FN5O3S/c1-2-26-19(28)12-17(14-8-10-15(22)11-9-14)20-18(13-24-31(23,29)30)25-27(21(20)26)16-6-4-3-5-7-16/h3-11,17,24H,2,12-13H2,1H3,(H2,23,29,30). The number of nitrogens with one attached hydrogen (secondary N) is 1. The summed E-state index contributed by atoms with van der Waals surface area (Å²) in [5.74, 6) is -0.295. The van der Waals surface area contributed by atoms with Crippen molar-refractivity contribution in [2.24, 2.45) is 5.14 Å². The third kappa shape index (κ3) is 4.22. The Morgan fingerprint density at radius 1 is 1.16 bits per heavy atom. The molecule has 0 radical (unpaired) electrons. The van der Waals surface area contributed by atoms with Gasteiger partial charge in [-0.05, 0) is 36.8 Å². The first-order valence-electron chi connectivity index (χ1n) is 9.79. The monoisotopic (exact) mass is 443 g/mol. The lowest BCUT2D eigenvalue weighted by Crippen LogP contribution is -2.38. The Morgan fingerprint density at radius 3 is 2.45 bits per heavy atom. The molecule has 0 saturated heterocycles. The van der Waals surface area contributed by atoms with Crippen molar-refractivity contribution in [1.29, 1.82) is 0 Å². The summed E-state index contributed by atoms with van der Waals surface area (Å²) in [6.45, 7) is 2.15. The van der Waals surface area contributed by atoms with Crippen LogP contribution in [0.2, 0.25) is 0 Å². The maximum absolute atomic E-state index is 13.5. The molecule has 10 heteroatoms. The van der Waals surface area contributed by atoms with Gasteiger partial charge in [-0.1, -0.05) is 30.3 Å². The highest BCUT2D eigenvalue weighted by molar-refractivity contribution is 7.87. The molecule has 0 saturated carbocycles. The van der Waals surface area contributed by atoms with E-state index in [2.05, 4.69) is 9.82 Å². The molecular weight excluding hydrogens is 421 g/mol. The number of hydrogen-bond donors (Lipinski definition) is 2. The average Bonchev–Trinajstić information content (AvgIpc) is 3.12. The number of rotatable bonds is 6. The summed E-state index contributed by atoms with van der Waals surface area (Å²) in [5, 5.41) is 9.79. The fourth-order valence-corrected chi connectivity index (χ4v) is 4.28. The smallest absolute Gasteiger partial charge is 0.274 e. The second-order valence-corrected chi connectivity index (χ2v) is 8.62. The molecule has 1 aliphatic rings. The number of hydrogen-bond acceptors (Lipinski definition) is 4. The predicted molar refractivity (Wildman–Crippen MR) is 114 cm³/mol. The molecule has 1 unspecified atom stereocenters. The lowest BCUT2D eigenvalue weighted by atomic mass is 9.85. The van der Waals surface area contributed by atoms with E-state index in [1.54, 1.807) is 21.7 Å². The molecule has 4 rings (SSSR count). The highest BCUT2D eigenvalue weighted by atomic mass is 32.2. The largest absolute Gasteiger partial charge is 0.297 e. The zero-order valence-electron chi connectivity index (χ0n) is 16.8. The van der Waals surface area contributed by atoms with Crippen LogP contribution in [0.3, 0.4) is 0 Å². The van der Waals surface area contributed by atoms with E-state index in [0.29, 0.717) is 23.6 Å². The molecule has 0 fully saturated rings. The van der Waals surface area contributed by atoms with Crippen molar-refractivity contribution in [3.05, 3.63) is 77.2 Å². The molecular formula is C21H22FN5O3S. The van der Waals surface area contributed by atoms with Crippen molar-refractivity contribution >= 4 is 21.9 Å². The van der Waals surface area contributed by atoms with E-state index in [0.717, 1.165) is 11.3 Å². The molecule has 1 atom stereocenters. The molecule has 0 aliphatic carbocycles. The maximum atomic E-state index is 13.5. The minimum atomic E-state index is -3.95. The third-order valence-corrected chi connectivity index (χ3v) is 5.83. The molecule has 0 spiro atoms. The predicted octanol–water partition coefficient (Wildman–Crippen LogP) is 2.19. The van der Waals surface area contributed by atoms with Gasteiger partial charge in [0, 0.05) is 24.4 Å². The minimum absolute atomic E-state index is 0.0904. The fourth-order valence-electron chi connectivity index (χ4n) is 3.94. The normalized spacial score (nSPS) is 16.4. The van der Waals surface area contributed by atoms with E-state index < -0.39 is 16.1 Å². The first-order valence-corrected chi connectivity index (χ1v) is 11.3. The summed E-state index contributed by atoms with van der Waals surface area (Å²) in [7, 11) is -3.95. The number of fused-ring (bicyclic) bond motifs is 1. The van der Waals surface area contributed by atoms with Crippen LogP contribution in [0.25, 0.3) is 5.69 Å². The Hall–Kier alpha value is -3.08. The van der Waals surface area contributed by atoms with Gasteiger partial charge in [-0.25, -0.2) is 14.2 Å². The van der Waals surface area contributed by atoms with Crippen molar-refractivity contribution in [1.82, 2.24) is 14.5 Å². The van der Waals surface area contributed by atoms with Gasteiger partial charge in [-0.15, -0.1) is 0 Å². The van der Waals surface area contributed by atoms with Gasteiger partial charge in [0.2, 0.25) is 5.91 Å². The molecule has 2 heterocycles. The van der Waals surface area contributed by atoms with Crippen LogP contribution >= 0.6 is 0 Å².